The minimum Gasteiger partial charge on any atom is -0.439 e. The molecule has 0 aliphatic rings. The average Bonchev–Trinajstić information content (AvgIpc) is 2.49. The minimum atomic E-state index is 0.257. The highest BCUT2D eigenvalue weighted by Gasteiger charge is 2.06. The summed E-state index contributed by atoms with van der Waals surface area (Å²) in [6.45, 7) is 0.257. The quantitative estimate of drug-likeness (QED) is 0.615. The number of aromatic nitrogens is 2. The average molecular weight is 285 g/mol. The number of hydrazine groups is 1. The maximum Gasteiger partial charge on any atom is 0.224 e. The van der Waals surface area contributed by atoms with Crippen LogP contribution in [-0.4, -0.2) is 17.1 Å². The second-order valence-corrected chi connectivity index (χ2v) is 4.17. The Balaban J connectivity index is 2.18. The number of ether oxygens (including phenoxy) is 2. The van der Waals surface area contributed by atoms with Crippen LogP contribution in [0, 0.1) is 11.3 Å². The molecule has 7 heteroatoms. The van der Waals surface area contributed by atoms with Gasteiger partial charge in [0.05, 0.1) is 12.5 Å². The zero-order valence-electron chi connectivity index (χ0n) is 11.5. The van der Waals surface area contributed by atoms with Gasteiger partial charge in [-0.1, -0.05) is 12.1 Å². The van der Waals surface area contributed by atoms with E-state index >= 15 is 0 Å². The number of hydrogen-bond donors (Lipinski definition) is 2. The van der Waals surface area contributed by atoms with Crippen LogP contribution in [0.2, 0.25) is 0 Å². The van der Waals surface area contributed by atoms with Crippen LogP contribution < -0.4 is 16.0 Å². The van der Waals surface area contributed by atoms with Crippen molar-refractivity contribution in [2.24, 2.45) is 5.84 Å². The van der Waals surface area contributed by atoms with Gasteiger partial charge in [-0.3, -0.25) is 0 Å². The fourth-order valence-electron chi connectivity index (χ4n) is 1.68. The molecule has 1 aromatic heterocycles. The molecule has 0 saturated heterocycles. The van der Waals surface area contributed by atoms with Crippen LogP contribution in [0.15, 0.2) is 30.3 Å². The van der Waals surface area contributed by atoms with Crippen molar-refractivity contribution in [2.45, 2.75) is 13.0 Å². The van der Waals surface area contributed by atoms with E-state index in [0.717, 1.165) is 5.56 Å². The van der Waals surface area contributed by atoms with Gasteiger partial charge in [0.1, 0.15) is 18.2 Å². The van der Waals surface area contributed by atoms with Gasteiger partial charge in [0.25, 0.3) is 0 Å². The maximum atomic E-state index is 8.63. The van der Waals surface area contributed by atoms with Gasteiger partial charge in [0, 0.05) is 13.2 Å². The molecule has 2 rings (SSSR count). The summed E-state index contributed by atoms with van der Waals surface area (Å²) in [5.74, 6) is 7.24. The minimum absolute atomic E-state index is 0.257. The molecule has 0 amide bonds. The predicted molar refractivity (Wildman–Crippen MR) is 76.4 cm³/mol. The summed E-state index contributed by atoms with van der Waals surface area (Å²) in [5, 5.41) is 8.63. The lowest BCUT2D eigenvalue weighted by atomic mass is 10.2. The second-order valence-electron chi connectivity index (χ2n) is 4.17. The highest BCUT2D eigenvalue weighted by Crippen LogP contribution is 2.22. The topological polar surface area (TPSA) is 106 Å². The van der Waals surface area contributed by atoms with E-state index in [1.807, 2.05) is 12.1 Å². The van der Waals surface area contributed by atoms with E-state index in [9.17, 15) is 0 Å². The summed E-state index contributed by atoms with van der Waals surface area (Å²) in [4.78, 5) is 8.35. The smallest absolute Gasteiger partial charge is 0.224 e. The lowest BCUT2D eigenvalue weighted by molar-refractivity contribution is 0.177. The van der Waals surface area contributed by atoms with Crippen molar-refractivity contribution >= 4 is 5.82 Å². The summed E-state index contributed by atoms with van der Waals surface area (Å²) in [7, 11) is 1.56. The Labute approximate surface area is 122 Å². The first-order valence-corrected chi connectivity index (χ1v) is 6.22. The summed E-state index contributed by atoms with van der Waals surface area (Å²) >= 11 is 0. The number of benzene rings is 1. The number of nitrogen functional groups attached to an aromatic ring is 1. The number of nitrogens with zero attached hydrogens (tertiary/aromatic N) is 3. The summed E-state index contributed by atoms with van der Waals surface area (Å²) in [6, 6.07) is 10.9. The lowest BCUT2D eigenvalue weighted by Crippen LogP contribution is -2.11. The van der Waals surface area contributed by atoms with Crippen LogP contribution in [-0.2, 0) is 17.8 Å². The molecule has 0 atom stereocenters. The number of anilines is 1. The summed E-state index contributed by atoms with van der Waals surface area (Å²) < 4.78 is 10.7. The standard InChI is InChI=1S/C14H15N5O2/c1-20-9-13-17-12(19-16)8-14(18-13)21-11-4-2-10(3-5-11)6-7-15/h2-5,8H,6,9,16H2,1H3,(H,17,18,19). The highest BCUT2D eigenvalue weighted by molar-refractivity contribution is 5.39. The Morgan fingerprint density at radius 3 is 2.67 bits per heavy atom. The first-order chi connectivity index (χ1) is 10.2. The monoisotopic (exact) mass is 285 g/mol. The predicted octanol–water partition coefficient (Wildman–Crippen LogP) is 1.77. The van der Waals surface area contributed by atoms with Crippen molar-refractivity contribution in [2.75, 3.05) is 12.5 Å². The third-order valence-electron chi connectivity index (χ3n) is 2.60. The van der Waals surface area contributed by atoms with Crippen molar-refractivity contribution in [1.82, 2.24) is 9.97 Å². The highest BCUT2D eigenvalue weighted by atomic mass is 16.5. The number of hydrogen-bond acceptors (Lipinski definition) is 7. The normalized spacial score (nSPS) is 9.95. The molecule has 3 N–H and O–H groups in total. The Morgan fingerprint density at radius 1 is 1.29 bits per heavy atom. The molecule has 0 spiro atoms. The van der Waals surface area contributed by atoms with Gasteiger partial charge in [0.2, 0.25) is 5.88 Å². The molecule has 2 aromatic rings. The molecule has 0 aliphatic carbocycles. The fraction of sp³-hybridized carbons (Fsp3) is 0.214. The van der Waals surface area contributed by atoms with E-state index in [1.54, 1.807) is 25.3 Å². The Hall–Kier alpha value is -2.69. The van der Waals surface area contributed by atoms with Crippen molar-refractivity contribution in [1.29, 1.82) is 5.26 Å². The SMILES string of the molecule is COCc1nc(NN)cc(Oc2ccc(CC#N)cc2)n1. The van der Waals surface area contributed by atoms with Crippen LogP contribution in [0.4, 0.5) is 5.82 Å². The van der Waals surface area contributed by atoms with Gasteiger partial charge in [-0.25, -0.2) is 10.8 Å². The fourth-order valence-corrected chi connectivity index (χ4v) is 1.68. The number of methoxy groups -OCH3 is 1. The van der Waals surface area contributed by atoms with Gasteiger partial charge < -0.3 is 14.9 Å². The third kappa shape index (κ3) is 4.14. The summed E-state index contributed by atoms with van der Waals surface area (Å²) in [6.07, 6.45) is 0.368. The first-order valence-electron chi connectivity index (χ1n) is 6.22. The van der Waals surface area contributed by atoms with E-state index in [2.05, 4.69) is 21.5 Å². The lowest BCUT2D eigenvalue weighted by Gasteiger charge is -2.09. The molecule has 7 nitrogen and oxygen atoms in total. The van der Waals surface area contributed by atoms with Crippen LogP contribution in [0.25, 0.3) is 0 Å². The van der Waals surface area contributed by atoms with E-state index in [1.165, 1.54) is 0 Å². The molecule has 0 bridgehead atoms. The molecular formula is C14H15N5O2. The Morgan fingerprint density at radius 2 is 2.05 bits per heavy atom. The summed E-state index contributed by atoms with van der Waals surface area (Å²) in [5.41, 5.74) is 3.38. The zero-order chi connectivity index (χ0) is 15.1. The van der Waals surface area contributed by atoms with Gasteiger partial charge in [0.15, 0.2) is 5.82 Å². The van der Waals surface area contributed by atoms with E-state index in [4.69, 9.17) is 20.6 Å². The molecule has 0 fully saturated rings. The number of nitriles is 1. The number of nitrogens with two attached hydrogens (primary N) is 1. The molecule has 0 radical (unpaired) electrons. The van der Waals surface area contributed by atoms with E-state index in [0.29, 0.717) is 29.7 Å². The van der Waals surface area contributed by atoms with Crippen molar-refractivity contribution in [3.05, 3.63) is 41.7 Å². The Kier molecular flexibility index (Phi) is 5.04. The molecular weight excluding hydrogens is 270 g/mol. The molecule has 1 aromatic carbocycles. The second kappa shape index (κ2) is 7.19. The molecule has 108 valence electrons. The molecule has 0 unspecified atom stereocenters. The molecule has 0 saturated carbocycles. The van der Waals surface area contributed by atoms with Crippen LogP contribution in [0.3, 0.4) is 0 Å². The molecule has 0 aliphatic heterocycles. The van der Waals surface area contributed by atoms with Gasteiger partial charge in [-0.15, -0.1) is 0 Å². The Bertz CT molecular complexity index is 637. The first kappa shape index (κ1) is 14.7. The van der Waals surface area contributed by atoms with Crippen LogP contribution in [0.5, 0.6) is 11.6 Å². The van der Waals surface area contributed by atoms with Crippen LogP contribution in [0.1, 0.15) is 11.4 Å². The number of nitrogens with one attached hydrogen (secondary N) is 1. The van der Waals surface area contributed by atoms with Gasteiger partial charge in [-0.2, -0.15) is 10.2 Å². The molecule has 1 heterocycles. The van der Waals surface area contributed by atoms with E-state index in [-0.39, 0.29) is 6.61 Å². The largest absolute Gasteiger partial charge is 0.439 e. The van der Waals surface area contributed by atoms with Gasteiger partial charge >= 0.3 is 0 Å². The maximum absolute atomic E-state index is 8.63. The van der Waals surface area contributed by atoms with Crippen LogP contribution >= 0.6 is 0 Å². The molecule has 21 heavy (non-hydrogen) atoms. The van der Waals surface area contributed by atoms with Crippen molar-refractivity contribution in [3.8, 4) is 17.7 Å². The van der Waals surface area contributed by atoms with Crippen molar-refractivity contribution in [3.63, 3.8) is 0 Å². The van der Waals surface area contributed by atoms with E-state index < -0.39 is 0 Å². The van der Waals surface area contributed by atoms with Gasteiger partial charge in [-0.05, 0) is 17.7 Å². The zero-order valence-corrected chi connectivity index (χ0v) is 11.5. The third-order valence-corrected chi connectivity index (χ3v) is 2.60. The number of rotatable bonds is 6. The van der Waals surface area contributed by atoms with Crippen molar-refractivity contribution < 1.29 is 9.47 Å².